The lowest BCUT2D eigenvalue weighted by atomic mass is 9.84. The van der Waals surface area contributed by atoms with Gasteiger partial charge in [0.15, 0.2) is 0 Å². The van der Waals surface area contributed by atoms with Gasteiger partial charge in [0.2, 0.25) is 0 Å². The highest BCUT2D eigenvalue weighted by Gasteiger charge is 2.21. The number of rotatable bonds is 7. The Morgan fingerprint density at radius 1 is 0.273 bits per heavy atom. The Balaban J connectivity index is 1.00. The van der Waals surface area contributed by atoms with E-state index in [0.717, 1.165) is 16.9 Å². The minimum atomic E-state index is 1.10. The summed E-state index contributed by atoms with van der Waals surface area (Å²) in [7, 11) is 0. The van der Waals surface area contributed by atoms with E-state index in [-0.39, 0.29) is 0 Å². The standard InChI is InChI=1S/C64H41NS/c1-3-17-43(18-4-1)62-56-29-12-11-26-52(56)54-38-35-46(40-59(54)63(62)44-19-5-2-6-20-44)45-22-15-23-49(39-45)65(60-31-16-30-57-55-28-13-14-32-61(55)66-64(57)60)48-36-33-42(34-37-48)58-41-47-21-7-8-24-50(47)51-25-9-10-27-53(51)58/h1-41H. The van der Waals surface area contributed by atoms with Gasteiger partial charge in [-0.1, -0.05) is 200 Å². The van der Waals surface area contributed by atoms with Crippen LogP contribution in [0.5, 0.6) is 0 Å². The van der Waals surface area contributed by atoms with Crippen LogP contribution in [0.3, 0.4) is 0 Å². The molecular formula is C64H41NS. The first kappa shape index (κ1) is 38.2. The summed E-state index contributed by atoms with van der Waals surface area (Å²) >= 11 is 1.87. The fraction of sp³-hybridized carbons (Fsp3) is 0. The van der Waals surface area contributed by atoms with E-state index in [4.69, 9.17) is 0 Å². The van der Waals surface area contributed by atoms with E-state index in [1.165, 1.54) is 108 Å². The molecule has 0 saturated carbocycles. The minimum absolute atomic E-state index is 1.10. The minimum Gasteiger partial charge on any atom is -0.309 e. The smallest absolute Gasteiger partial charge is 0.0640 e. The molecule has 0 atom stereocenters. The summed E-state index contributed by atoms with van der Waals surface area (Å²) in [6.07, 6.45) is 0. The van der Waals surface area contributed by atoms with Crippen LogP contribution in [-0.2, 0) is 0 Å². The van der Waals surface area contributed by atoms with Crippen LogP contribution in [0.4, 0.5) is 17.1 Å². The van der Waals surface area contributed by atoms with Crippen LogP contribution >= 0.6 is 11.3 Å². The zero-order valence-electron chi connectivity index (χ0n) is 36.0. The number of hydrogen-bond donors (Lipinski definition) is 0. The predicted octanol–water partition coefficient (Wildman–Crippen LogP) is 18.8. The van der Waals surface area contributed by atoms with E-state index in [0.29, 0.717) is 0 Å². The Labute approximate surface area is 387 Å². The van der Waals surface area contributed by atoms with Crippen molar-refractivity contribution in [2.45, 2.75) is 0 Å². The van der Waals surface area contributed by atoms with Crippen molar-refractivity contribution in [2.75, 3.05) is 4.90 Å². The van der Waals surface area contributed by atoms with Crippen molar-refractivity contribution < 1.29 is 0 Å². The molecule has 1 aromatic heterocycles. The SMILES string of the molecule is c1ccc(-c2c(-c3ccccc3)c3cc(-c4cccc(N(c5ccc(-c6cc7ccccc7c7ccccc67)cc5)c5cccc6c5sc5ccccc56)c4)ccc3c3ccccc23)cc1. The molecule has 13 rings (SSSR count). The number of fused-ring (bicyclic) bond motifs is 9. The van der Waals surface area contributed by atoms with Gasteiger partial charge in [-0.3, -0.25) is 0 Å². The second kappa shape index (κ2) is 15.7. The summed E-state index contributed by atoms with van der Waals surface area (Å²) in [6, 6.07) is 91.5. The van der Waals surface area contributed by atoms with Crippen LogP contribution in [0.15, 0.2) is 249 Å². The molecule has 0 unspecified atom stereocenters. The predicted molar refractivity (Wildman–Crippen MR) is 286 cm³/mol. The molecule has 13 aromatic rings. The molecule has 2 heteroatoms. The van der Waals surface area contributed by atoms with Gasteiger partial charge in [0, 0.05) is 26.8 Å². The molecule has 0 saturated heterocycles. The van der Waals surface area contributed by atoms with Gasteiger partial charge in [-0.25, -0.2) is 0 Å². The highest BCUT2D eigenvalue weighted by molar-refractivity contribution is 7.26. The van der Waals surface area contributed by atoms with Crippen molar-refractivity contribution in [3.05, 3.63) is 249 Å². The van der Waals surface area contributed by atoms with Crippen LogP contribution < -0.4 is 4.90 Å². The van der Waals surface area contributed by atoms with Crippen molar-refractivity contribution in [3.8, 4) is 44.5 Å². The Hall–Kier alpha value is -8.30. The summed E-state index contributed by atoms with van der Waals surface area (Å²) < 4.78 is 2.56. The van der Waals surface area contributed by atoms with Crippen molar-refractivity contribution in [2.24, 2.45) is 0 Å². The van der Waals surface area contributed by atoms with E-state index in [1.54, 1.807) is 0 Å². The first-order valence-electron chi connectivity index (χ1n) is 22.7. The molecule has 0 N–H and O–H groups in total. The van der Waals surface area contributed by atoms with Gasteiger partial charge in [-0.2, -0.15) is 0 Å². The molecule has 0 amide bonds. The molecule has 12 aromatic carbocycles. The van der Waals surface area contributed by atoms with Gasteiger partial charge >= 0.3 is 0 Å². The summed E-state index contributed by atoms with van der Waals surface area (Å²) in [6.45, 7) is 0. The molecule has 0 aliphatic carbocycles. The molecule has 1 nitrogen and oxygen atoms in total. The number of anilines is 3. The van der Waals surface area contributed by atoms with E-state index in [9.17, 15) is 0 Å². The lowest BCUT2D eigenvalue weighted by Crippen LogP contribution is -2.10. The van der Waals surface area contributed by atoms with E-state index >= 15 is 0 Å². The number of benzene rings is 12. The van der Waals surface area contributed by atoms with Crippen molar-refractivity contribution in [3.63, 3.8) is 0 Å². The second-order valence-electron chi connectivity index (χ2n) is 17.2. The molecule has 1 heterocycles. The fourth-order valence-corrected chi connectivity index (χ4v) is 11.6. The Bertz CT molecular complexity index is 3980. The van der Waals surface area contributed by atoms with Crippen LogP contribution in [0, 0.1) is 0 Å². The summed E-state index contributed by atoms with van der Waals surface area (Å²) in [5.41, 5.74) is 13.1. The molecule has 0 aliphatic heterocycles. The average molecular weight is 856 g/mol. The maximum absolute atomic E-state index is 2.46. The van der Waals surface area contributed by atoms with Gasteiger partial charge in [0.25, 0.3) is 0 Å². The van der Waals surface area contributed by atoms with Crippen LogP contribution in [0.2, 0.25) is 0 Å². The van der Waals surface area contributed by atoms with Crippen molar-refractivity contribution >= 4 is 91.7 Å². The number of thiophene rings is 1. The third-order valence-electron chi connectivity index (χ3n) is 13.4. The monoisotopic (exact) mass is 855 g/mol. The quantitative estimate of drug-likeness (QED) is 0.144. The van der Waals surface area contributed by atoms with Crippen molar-refractivity contribution in [1.82, 2.24) is 0 Å². The van der Waals surface area contributed by atoms with Gasteiger partial charge < -0.3 is 4.90 Å². The maximum atomic E-state index is 2.46. The Morgan fingerprint density at radius 3 is 1.56 bits per heavy atom. The largest absolute Gasteiger partial charge is 0.309 e. The topological polar surface area (TPSA) is 3.24 Å². The number of nitrogens with zero attached hydrogens (tertiary/aromatic N) is 1. The van der Waals surface area contributed by atoms with Crippen LogP contribution in [-0.4, -0.2) is 0 Å². The Kier molecular flexibility index (Phi) is 9.11. The van der Waals surface area contributed by atoms with Gasteiger partial charge in [-0.05, 0) is 136 Å². The third-order valence-corrected chi connectivity index (χ3v) is 14.6. The zero-order valence-corrected chi connectivity index (χ0v) is 36.8. The van der Waals surface area contributed by atoms with Gasteiger partial charge in [-0.15, -0.1) is 11.3 Å². The molecule has 66 heavy (non-hydrogen) atoms. The molecule has 0 radical (unpaired) electrons. The van der Waals surface area contributed by atoms with E-state index in [2.05, 4.69) is 254 Å². The highest BCUT2D eigenvalue weighted by atomic mass is 32.1. The first-order chi connectivity index (χ1) is 32.7. The van der Waals surface area contributed by atoms with Crippen LogP contribution in [0.1, 0.15) is 0 Å². The molecular weight excluding hydrogens is 815 g/mol. The molecule has 0 aliphatic rings. The lowest BCUT2D eigenvalue weighted by molar-refractivity contribution is 1.30. The lowest BCUT2D eigenvalue weighted by Gasteiger charge is -2.27. The average Bonchev–Trinajstić information content (AvgIpc) is 3.78. The van der Waals surface area contributed by atoms with E-state index in [1.807, 2.05) is 11.3 Å². The van der Waals surface area contributed by atoms with Crippen LogP contribution in [0.25, 0.3) is 108 Å². The van der Waals surface area contributed by atoms with E-state index < -0.39 is 0 Å². The zero-order chi connectivity index (χ0) is 43.6. The molecule has 0 fully saturated rings. The highest BCUT2D eigenvalue weighted by Crippen LogP contribution is 2.48. The van der Waals surface area contributed by atoms with Crippen molar-refractivity contribution in [1.29, 1.82) is 0 Å². The summed E-state index contributed by atoms with van der Waals surface area (Å²) in [4.78, 5) is 2.46. The maximum Gasteiger partial charge on any atom is 0.0640 e. The summed E-state index contributed by atoms with van der Waals surface area (Å²) in [5, 5.41) is 12.6. The third kappa shape index (κ3) is 6.30. The van der Waals surface area contributed by atoms with Gasteiger partial charge in [0.05, 0.1) is 10.4 Å². The Morgan fingerprint density at radius 2 is 0.803 bits per heavy atom. The summed E-state index contributed by atoms with van der Waals surface area (Å²) in [5.74, 6) is 0. The molecule has 308 valence electrons. The molecule has 0 bridgehead atoms. The normalized spacial score (nSPS) is 11.6. The number of hydrogen-bond acceptors (Lipinski definition) is 2. The first-order valence-corrected chi connectivity index (χ1v) is 23.5. The van der Waals surface area contributed by atoms with Gasteiger partial charge in [0.1, 0.15) is 0 Å². The second-order valence-corrected chi connectivity index (χ2v) is 18.2. The fourth-order valence-electron chi connectivity index (χ4n) is 10.4. The molecule has 0 spiro atoms.